The second-order valence-corrected chi connectivity index (χ2v) is 11.8. The molecule has 0 unspecified atom stereocenters. The lowest BCUT2D eigenvalue weighted by molar-refractivity contribution is 0.115. The van der Waals surface area contributed by atoms with Gasteiger partial charge in [0.15, 0.2) is 11.6 Å². The molecule has 0 aliphatic carbocycles. The topological polar surface area (TPSA) is 125 Å². The number of urea groups is 2. The van der Waals surface area contributed by atoms with Crippen molar-refractivity contribution in [1.82, 2.24) is 14.8 Å². The molecule has 1 aliphatic rings. The fourth-order valence-electron chi connectivity index (χ4n) is 5.13. The Morgan fingerprint density at radius 2 is 1.77 bits per heavy atom. The van der Waals surface area contributed by atoms with Crippen molar-refractivity contribution in [3.8, 4) is 21.9 Å². The van der Waals surface area contributed by atoms with E-state index >= 15 is 4.39 Å². The molecule has 2 N–H and O–H groups in total. The number of nitrogens with zero attached hydrogens (tertiary/aromatic N) is 4. The summed E-state index contributed by atoms with van der Waals surface area (Å²) in [4.78, 5) is 46.2. The Kier molecular flexibility index (Phi) is 9.45. The Morgan fingerprint density at radius 1 is 1.00 bits per heavy atom. The highest BCUT2D eigenvalue weighted by atomic mass is 32.1. The minimum Gasteiger partial charge on any atom is -0.465 e. The lowest BCUT2D eigenvalue weighted by atomic mass is 10.1. The van der Waals surface area contributed by atoms with E-state index in [0.29, 0.717) is 28.3 Å². The number of ether oxygens (including phenoxy) is 2. The van der Waals surface area contributed by atoms with E-state index in [-0.39, 0.29) is 37.6 Å². The molecule has 48 heavy (non-hydrogen) atoms. The predicted octanol–water partition coefficient (Wildman–Crippen LogP) is 7.63. The number of carbonyl (C=O) groups excluding carboxylic acids is 2. The number of anilines is 2. The molecule has 11 nitrogen and oxygen atoms in total. The van der Waals surface area contributed by atoms with Crippen LogP contribution in [0.5, 0.6) is 11.5 Å². The van der Waals surface area contributed by atoms with Gasteiger partial charge in [-0.2, -0.15) is 0 Å². The van der Waals surface area contributed by atoms with Gasteiger partial charge in [-0.15, -0.1) is 11.3 Å². The normalized spacial score (nSPS) is 12.9. The van der Waals surface area contributed by atoms with Gasteiger partial charge in [0, 0.05) is 61.3 Å². The molecule has 5 aromatic rings. The van der Waals surface area contributed by atoms with Gasteiger partial charge in [0.25, 0.3) is 0 Å². The number of pyridine rings is 1. The van der Waals surface area contributed by atoms with Crippen LogP contribution >= 0.6 is 11.3 Å². The van der Waals surface area contributed by atoms with Gasteiger partial charge in [0.2, 0.25) is 0 Å². The van der Waals surface area contributed by atoms with Crippen molar-refractivity contribution in [3.63, 3.8) is 0 Å². The summed E-state index contributed by atoms with van der Waals surface area (Å²) in [6.45, 7) is 1.13. The SMILES string of the molecule is COCCN(Cc1ccc(-c2cc3nccc(Oc4ccc(NC(=O)N5CCN(c6ccc(F)cc6)C5=O)cc4F)c3s2)cc1)C(=O)O. The number of carbonyl (C=O) groups is 3. The standard InChI is InChI=1S/C34H29F2N5O6S/c1-46-17-16-39(34(44)45)20-21-2-4-22(5-3-21)30-19-27-31(48-30)29(12-13-37-27)47-28-11-8-24(18-26(28)36)38-32(42)41-15-14-40(33(41)43)25-9-6-23(35)7-10-25/h2-13,18-19H,14-17,20H2,1H3,(H,38,42)(H,44,45). The number of thiophene rings is 1. The number of amides is 5. The highest BCUT2D eigenvalue weighted by Crippen LogP contribution is 2.40. The maximum absolute atomic E-state index is 15.2. The van der Waals surface area contributed by atoms with Gasteiger partial charge in [-0.05, 0) is 53.6 Å². The number of imide groups is 1. The first kappa shape index (κ1) is 32.3. The number of benzene rings is 3. The maximum atomic E-state index is 15.2. The summed E-state index contributed by atoms with van der Waals surface area (Å²) in [6.07, 6.45) is 0.539. The van der Waals surface area contributed by atoms with Crippen LogP contribution in [0, 0.1) is 11.6 Å². The quantitative estimate of drug-likeness (QED) is 0.156. The van der Waals surface area contributed by atoms with Crippen LogP contribution in [0.3, 0.4) is 0 Å². The largest absolute Gasteiger partial charge is 0.465 e. The lowest BCUT2D eigenvalue weighted by Crippen LogP contribution is -2.39. The smallest absolute Gasteiger partial charge is 0.407 e. The van der Waals surface area contributed by atoms with E-state index in [0.717, 1.165) is 27.0 Å². The fraction of sp³-hybridized carbons (Fsp3) is 0.176. The monoisotopic (exact) mass is 673 g/mol. The third kappa shape index (κ3) is 7.04. The summed E-state index contributed by atoms with van der Waals surface area (Å²) in [5.74, 6) is -0.849. The molecule has 1 saturated heterocycles. The first-order valence-electron chi connectivity index (χ1n) is 14.8. The van der Waals surface area contributed by atoms with Crippen molar-refractivity contribution in [2.75, 3.05) is 43.6 Å². The van der Waals surface area contributed by atoms with Crippen LogP contribution in [0.2, 0.25) is 0 Å². The third-order valence-corrected chi connectivity index (χ3v) is 8.81. The van der Waals surface area contributed by atoms with Crippen molar-refractivity contribution in [2.45, 2.75) is 6.54 Å². The second-order valence-electron chi connectivity index (χ2n) is 10.8. The first-order valence-corrected chi connectivity index (χ1v) is 15.6. The molecule has 1 aliphatic heterocycles. The molecule has 5 amide bonds. The van der Waals surface area contributed by atoms with Gasteiger partial charge in [-0.1, -0.05) is 24.3 Å². The molecule has 3 aromatic carbocycles. The summed E-state index contributed by atoms with van der Waals surface area (Å²) < 4.78 is 40.1. The Morgan fingerprint density at radius 3 is 2.48 bits per heavy atom. The van der Waals surface area contributed by atoms with Crippen LogP contribution in [-0.2, 0) is 11.3 Å². The second kappa shape index (κ2) is 14.0. The van der Waals surface area contributed by atoms with Crippen LogP contribution in [0.15, 0.2) is 85.1 Å². The van der Waals surface area contributed by atoms with E-state index in [1.54, 1.807) is 12.3 Å². The molecule has 1 fully saturated rings. The van der Waals surface area contributed by atoms with Crippen molar-refractivity contribution in [3.05, 3.63) is 102 Å². The van der Waals surface area contributed by atoms with Crippen LogP contribution in [0.1, 0.15) is 5.56 Å². The van der Waals surface area contributed by atoms with E-state index in [2.05, 4.69) is 10.3 Å². The Bertz CT molecular complexity index is 1970. The van der Waals surface area contributed by atoms with Gasteiger partial charge in [-0.3, -0.25) is 9.88 Å². The number of carboxylic acid groups (broad SMARTS) is 1. The number of fused-ring (bicyclic) bond motifs is 1. The zero-order chi connectivity index (χ0) is 33.8. The number of halogens is 2. The summed E-state index contributed by atoms with van der Waals surface area (Å²) in [6, 6.07) is 19.1. The zero-order valence-corrected chi connectivity index (χ0v) is 26.4. The van der Waals surface area contributed by atoms with Crippen molar-refractivity contribution >= 4 is 51.1 Å². The van der Waals surface area contributed by atoms with E-state index in [9.17, 15) is 23.9 Å². The average molecular weight is 674 g/mol. The highest BCUT2D eigenvalue weighted by Gasteiger charge is 2.34. The Labute approximate surface area is 277 Å². The molecule has 3 heterocycles. The zero-order valence-electron chi connectivity index (χ0n) is 25.6. The maximum Gasteiger partial charge on any atom is 0.407 e. The van der Waals surface area contributed by atoms with Crippen molar-refractivity contribution in [2.24, 2.45) is 0 Å². The molecular weight excluding hydrogens is 644 g/mol. The Hall–Kier alpha value is -5.60. The number of rotatable bonds is 10. The van der Waals surface area contributed by atoms with E-state index < -0.39 is 29.8 Å². The van der Waals surface area contributed by atoms with Gasteiger partial charge in [0.05, 0.1) is 23.4 Å². The van der Waals surface area contributed by atoms with E-state index in [4.69, 9.17) is 9.47 Å². The molecule has 2 aromatic heterocycles. The summed E-state index contributed by atoms with van der Waals surface area (Å²) in [5.41, 5.74) is 2.97. The average Bonchev–Trinajstić information content (AvgIpc) is 3.69. The first-order chi connectivity index (χ1) is 23.2. The van der Waals surface area contributed by atoms with Crippen LogP contribution in [0.4, 0.5) is 34.5 Å². The lowest BCUT2D eigenvalue weighted by Gasteiger charge is -2.18. The number of methoxy groups -OCH3 is 1. The van der Waals surface area contributed by atoms with E-state index in [1.807, 2.05) is 30.3 Å². The molecule has 0 saturated carbocycles. The molecule has 6 rings (SSSR count). The molecule has 0 spiro atoms. The van der Waals surface area contributed by atoms with Crippen molar-refractivity contribution < 1.29 is 37.7 Å². The molecule has 14 heteroatoms. The molecule has 0 bridgehead atoms. The number of nitrogens with one attached hydrogen (secondary N) is 1. The third-order valence-electron chi connectivity index (χ3n) is 7.62. The van der Waals surface area contributed by atoms with Crippen LogP contribution in [-0.4, -0.2) is 71.4 Å². The molecular formula is C34H29F2N5O6S. The molecule has 246 valence electrons. The number of hydrogen-bond acceptors (Lipinski definition) is 7. The molecule has 0 atom stereocenters. The van der Waals surface area contributed by atoms with E-state index in [1.165, 1.54) is 64.6 Å². The fourth-order valence-corrected chi connectivity index (χ4v) is 6.20. The predicted molar refractivity (Wildman–Crippen MR) is 177 cm³/mol. The summed E-state index contributed by atoms with van der Waals surface area (Å²) >= 11 is 1.41. The van der Waals surface area contributed by atoms with Gasteiger partial charge >= 0.3 is 18.2 Å². The number of aromatic nitrogens is 1. The van der Waals surface area contributed by atoms with Crippen molar-refractivity contribution in [1.29, 1.82) is 0 Å². The minimum atomic E-state index is -1.02. The minimum absolute atomic E-state index is 0.0732. The Balaban J connectivity index is 1.12. The molecule has 0 radical (unpaired) electrons. The number of hydrogen-bond donors (Lipinski definition) is 2. The summed E-state index contributed by atoms with van der Waals surface area (Å²) in [5, 5.41) is 12.0. The van der Waals surface area contributed by atoms with Gasteiger partial charge in [-0.25, -0.2) is 28.1 Å². The van der Waals surface area contributed by atoms with Gasteiger partial charge in [0.1, 0.15) is 11.6 Å². The highest BCUT2D eigenvalue weighted by molar-refractivity contribution is 7.22. The van der Waals surface area contributed by atoms with Crippen LogP contribution < -0.4 is 15.0 Å². The van der Waals surface area contributed by atoms with Crippen LogP contribution in [0.25, 0.3) is 20.7 Å². The van der Waals surface area contributed by atoms with Gasteiger partial charge < -0.3 is 24.8 Å². The summed E-state index contributed by atoms with van der Waals surface area (Å²) in [7, 11) is 1.52.